The number of hydrogen-bond donors (Lipinski definition) is 2. The van der Waals surface area contributed by atoms with Gasteiger partial charge in [0.1, 0.15) is 11.8 Å². The van der Waals surface area contributed by atoms with Crippen molar-refractivity contribution >= 4 is 29.3 Å². The second-order valence-electron chi connectivity index (χ2n) is 8.57. The quantitative estimate of drug-likeness (QED) is 0.314. The second-order valence-corrected chi connectivity index (χ2v) is 9.51. The van der Waals surface area contributed by atoms with E-state index >= 15 is 0 Å². The Kier molecular flexibility index (Phi) is 6.77. The van der Waals surface area contributed by atoms with E-state index in [1.165, 1.54) is 5.56 Å². The van der Waals surface area contributed by atoms with Crippen LogP contribution >= 0.6 is 11.8 Å². The highest BCUT2D eigenvalue weighted by atomic mass is 32.2. The van der Waals surface area contributed by atoms with E-state index in [4.69, 9.17) is 14.8 Å². The van der Waals surface area contributed by atoms with Crippen molar-refractivity contribution in [3.05, 3.63) is 107 Å². The predicted octanol–water partition coefficient (Wildman–Crippen LogP) is 5.82. The number of rotatable bonds is 7. The third-order valence-electron chi connectivity index (χ3n) is 6.04. The van der Waals surface area contributed by atoms with Gasteiger partial charge in [-0.15, -0.1) is 5.10 Å². The number of hydrogen-bond acceptors (Lipinski definition) is 6. The summed E-state index contributed by atoms with van der Waals surface area (Å²) in [4.78, 5) is 18.4. The lowest BCUT2D eigenvalue weighted by Crippen LogP contribution is -2.31. The number of allylic oxidation sites excluding steroid dienone is 1. The van der Waals surface area contributed by atoms with Gasteiger partial charge in [-0.1, -0.05) is 84.1 Å². The molecule has 7 nitrogen and oxygen atoms in total. The van der Waals surface area contributed by atoms with Gasteiger partial charge in [0.15, 0.2) is 0 Å². The standard InChI is InChI=1S/C28H27N5O2S/c1-18-13-15-21(16-14-18)25-24(26(34)30-22-11-7-8-12-23(22)35-3)19(2)29-27-31-28(32-33(25)27)36-17-20-9-5-4-6-10-20/h4-16,25H,17H2,1-3H3,(H,30,34)(H,29,31,32). The number of thioether (sulfide) groups is 1. The molecule has 0 radical (unpaired) electrons. The lowest BCUT2D eigenvalue weighted by molar-refractivity contribution is -0.113. The first-order valence-corrected chi connectivity index (χ1v) is 12.6. The van der Waals surface area contributed by atoms with Gasteiger partial charge in [-0.05, 0) is 37.1 Å². The summed E-state index contributed by atoms with van der Waals surface area (Å²) in [6.45, 7) is 3.94. The number of nitrogens with one attached hydrogen (secondary N) is 2. The number of aromatic nitrogens is 3. The molecule has 4 aromatic rings. The Labute approximate surface area is 214 Å². The van der Waals surface area contributed by atoms with E-state index in [0.29, 0.717) is 28.1 Å². The van der Waals surface area contributed by atoms with Gasteiger partial charge in [0.25, 0.3) is 5.91 Å². The average Bonchev–Trinajstić information content (AvgIpc) is 3.30. The Morgan fingerprint density at radius 3 is 2.50 bits per heavy atom. The normalized spacial score (nSPS) is 14.7. The highest BCUT2D eigenvalue weighted by Crippen LogP contribution is 2.37. The third-order valence-corrected chi connectivity index (χ3v) is 6.95. The molecule has 0 fully saturated rings. The predicted molar refractivity (Wildman–Crippen MR) is 143 cm³/mol. The lowest BCUT2D eigenvalue weighted by Gasteiger charge is -2.29. The highest BCUT2D eigenvalue weighted by molar-refractivity contribution is 7.98. The summed E-state index contributed by atoms with van der Waals surface area (Å²) in [7, 11) is 1.59. The third kappa shape index (κ3) is 4.85. The van der Waals surface area contributed by atoms with Crippen LogP contribution in [0.3, 0.4) is 0 Å². The van der Waals surface area contributed by atoms with Crippen molar-refractivity contribution < 1.29 is 9.53 Å². The van der Waals surface area contributed by atoms with Gasteiger partial charge in [-0.25, -0.2) is 4.68 Å². The van der Waals surface area contributed by atoms with Crippen molar-refractivity contribution in [3.63, 3.8) is 0 Å². The minimum Gasteiger partial charge on any atom is -0.495 e. The van der Waals surface area contributed by atoms with Gasteiger partial charge in [0, 0.05) is 11.4 Å². The zero-order valence-corrected chi connectivity index (χ0v) is 21.2. The number of ether oxygens (including phenoxy) is 1. The Bertz CT molecular complexity index is 1410. The van der Waals surface area contributed by atoms with E-state index < -0.39 is 6.04 Å². The molecule has 0 saturated carbocycles. The molecule has 2 N–H and O–H groups in total. The molecule has 0 bridgehead atoms. The summed E-state index contributed by atoms with van der Waals surface area (Å²) in [5, 5.41) is 11.8. The number of nitrogens with zero attached hydrogens (tertiary/aromatic N) is 3. The van der Waals surface area contributed by atoms with E-state index in [0.717, 1.165) is 22.6 Å². The van der Waals surface area contributed by atoms with Crippen LogP contribution in [-0.2, 0) is 10.5 Å². The van der Waals surface area contributed by atoms with Crippen molar-refractivity contribution in [3.8, 4) is 5.75 Å². The van der Waals surface area contributed by atoms with Crippen molar-refractivity contribution in [1.29, 1.82) is 0 Å². The molecule has 3 aromatic carbocycles. The van der Waals surface area contributed by atoms with Crippen molar-refractivity contribution in [1.82, 2.24) is 14.8 Å². The number of anilines is 2. The van der Waals surface area contributed by atoms with Gasteiger partial charge < -0.3 is 15.4 Å². The lowest BCUT2D eigenvalue weighted by atomic mass is 9.94. The maximum absolute atomic E-state index is 13.7. The van der Waals surface area contributed by atoms with E-state index in [9.17, 15) is 4.79 Å². The van der Waals surface area contributed by atoms with Gasteiger partial charge in [-0.3, -0.25) is 4.79 Å². The van der Waals surface area contributed by atoms with Crippen LogP contribution in [0.5, 0.6) is 5.75 Å². The first-order chi connectivity index (χ1) is 17.5. The number of carbonyl (C=O) groups is 1. The summed E-state index contributed by atoms with van der Waals surface area (Å²) < 4.78 is 7.24. The Balaban J connectivity index is 1.50. The average molecular weight is 498 g/mol. The molecule has 36 heavy (non-hydrogen) atoms. The van der Waals surface area contributed by atoms with Crippen molar-refractivity contribution in [2.45, 2.75) is 30.8 Å². The van der Waals surface area contributed by atoms with Crippen LogP contribution in [0.15, 0.2) is 95.3 Å². The highest BCUT2D eigenvalue weighted by Gasteiger charge is 2.34. The van der Waals surface area contributed by atoms with Gasteiger partial charge in [-0.2, -0.15) is 4.98 Å². The first kappa shape index (κ1) is 23.7. The monoisotopic (exact) mass is 497 g/mol. The molecule has 1 aliphatic heterocycles. The van der Waals surface area contributed by atoms with Crippen LogP contribution in [0, 0.1) is 6.92 Å². The van der Waals surface area contributed by atoms with Gasteiger partial charge in [0.2, 0.25) is 11.1 Å². The zero-order chi connectivity index (χ0) is 25.1. The summed E-state index contributed by atoms with van der Waals surface area (Å²) >= 11 is 1.57. The fourth-order valence-corrected chi connectivity index (χ4v) is 4.99. The van der Waals surface area contributed by atoms with Crippen molar-refractivity contribution in [2.75, 3.05) is 17.7 Å². The topological polar surface area (TPSA) is 81.1 Å². The molecule has 0 aliphatic carbocycles. The minimum atomic E-state index is -0.435. The van der Waals surface area contributed by atoms with Crippen LogP contribution in [0.1, 0.15) is 29.7 Å². The summed E-state index contributed by atoms with van der Waals surface area (Å²) in [5.41, 5.74) is 5.21. The first-order valence-electron chi connectivity index (χ1n) is 11.7. The molecule has 8 heteroatoms. The molecule has 1 amide bonds. The summed E-state index contributed by atoms with van der Waals surface area (Å²) in [6, 6.07) is 25.3. The molecule has 1 unspecified atom stereocenters. The molecular formula is C28H27N5O2S. The van der Waals surface area contributed by atoms with Crippen molar-refractivity contribution in [2.24, 2.45) is 0 Å². The number of para-hydroxylation sites is 2. The summed E-state index contributed by atoms with van der Waals surface area (Å²) in [6.07, 6.45) is 0. The zero-order valence-electron chi connectivity index (χ0n) is 20.4. The van der Waals surface area contributed by atoms with E-state index in [1.54, 1.807) is 18.9 Å². The van der Waals surface area contributed by atoms with Gasteiger partial charge in [0.05, 0.1) is 18.4 Å². The number of benzene rings is 3. The summed E-state index contributed by atoms with van der Waals surface area (Å²) in [5.74, 6) is 1.74. The number of fused-ring (bicyclic) bond motifs is 1. The second kappa shape index (κ2) is 10.3. The number of carbonyl (C=O) groups excluding carboxylic acids is 1. The largest absolute Gasteiger partial charge is 0.495 e. The van der Waals surface area contributed by atoms with Crippen LogP contribution < -0.4 is 15.4 Å². The van der Waals surface area contributed by atoms with E-state index in [2.05, 4.69) is 22.8 Å². The Morgan fingerprint density at radius 1 is 1.03 bits per heavy atom. The molecular weight excluding hydrogens is 470 g/mol. The van der Waals surface area contributed by atoms with E-state index in [1.807, 2.05) is 85.3 Å². The van der Waals surface area contributed by atoms with Crippen LogP contribution in [0.2, 0.25) is 0 Å². The molecule has 2 heterocycles. The Hall–Kier alpha value is -4.04. The molecule has 1 atom stereocenters. The van der Waals surface area contributed by atoms with E-state index in [-0.39, 0.29) is 5.91 Å². The molecule has 0 saturated heterocycles. The van der Waals surface area contributed by atoms with Crippen LogP contribution in [-0.4, -0.2) is 27.8 Å². The molecule has 182 valence electrons. The molecule has 0 spiro atoms. The molecule has 1 aliphatic rings. The van der Waals surface area contributed by atoms with Crippen LogP contribution in [0.4, 0.5) is 11.6 Å². The Morgan fingerprint density at radius 2 is 1.75 bits per heavy atom. The van der Waals surface area contributed by atoms with Gasteiger partial charge >= 0.3 is 0 Å². The maximum atomic E-state index is 13.7. The number of aryl methyl sites for hydroxylation is 1. The molecule has 1 aromatic heterocycles. The number of amides is 1. The minimum absolute atomic E-state index is 0.227. The number of methoxy groups -OCH3 is 1. The fraction of sp³-hybridized carbons (Fsp3) is 0.179. The smallest absolute Gasteiger partial charge is 0.255 e. The molecule has 5 rings (SSSR count). The SMILES string of the molecule is COc1ccccc1NC(=O)C1=C(C)Nc2nc(SCc3ccccc3)nn2C1c1ccc(C)cc1. The maximum Gasteiger partial charge on any atom is 0.255 e. The van der Waals surface area contributed by atoms with Crippen LogP contribution in [0.25, 0.3) is 0 Å². The fourth-order valence-electron chi connectivity index (χ4n) is 4.20.